The van der Waals surface area contributed by atoms with E-state index < -0.39 is 15.8 Å². The van der Waals surface area contributed by atoms with Crippen molar-refractivity contribution in [3.63, 3.8) is 0 Å². The molecule has 0 aliphatic heterocycles. The molecule has 2 rings (SSSR count). The molecule has 0 atom stereocenters. The molecule has 0 fully saturated rings. The van der Waals surface area contributed by atoms with Crippen molar-refractivity contribution in [3.8, 4) is 0 Å². The van der Waals surface area contributed by atoms with E-state index in [4.69, 9.17) is 17.3 Å². The maximum Gasteiger partial charge on any atom is 0.261 e. The molecule has 0 saturated heterocycles. The highest BCUT2D eigenvalue weighted by atomic mass is 35.5. The van der Waals surface area contributed by atoms with Crippen LogP contribution < -0.4 is 10.5 Å². The minimum Gasteiger partial charge on any atom is -0.326 e. The van der Waals surface area contributed by atoms with E-state index in [1.54, 1.807) is 6.07 Å². The molecule has 0 saturated carbocycles. The van der Waals surface area contributed by atoms with E-state index in [0.717, 1.165) is 23.3 Å². The Morgan fingerprint density at radius 3 is 2.57 bits per heavy atom. The molecule has 21 heavy (non-hydrogen) atoms. The Labute approximate surface area is 127 Å². The third-order valence-electron chi connectivity index (χ3n) is 2.97. The van der Waals surface area contributed by atoms with Crippen LogP contribution in [0.2, 0.25) is 5.02 Å². The van der Waals surface area contributed by atoms with E-state index >= 15 is 0 Å². The summed E-state index contributed by atoms with van der Waals surface area (Å²) in [4.78, 5) is 0.0638. The van der Waals surface area contributed by atoms with Gasteiger partial charge in [-0.1, -0.05) is 17.7 Å². The van der Waals surface area contributed by atoms with Crippen molar-refractivity contribution >= 4 is 27.3 Å². The molecule has 0 spiro atoms. The van der Waals surface area contributed by atoms with E-state index in [2.05, 4.69) is 4.72 Å². The lowest BCUT2D eigenvalue weighted by atomic mass is 10.1. The Morgan fingerprint density at radius 1 is 1.24 bits per heavy atom. The smallest absolute Gasteiger partial charge is 0.261 e. The van der Waals surface area contributed by atoms with Crippen molar-refractivity contribution in [1.29, 1.82) is 0 Å². The van der Waals surface area contributed by atoms with Gasteiger partial charge < -0.3 is 5.73 Å². The molecule has 4 nitrogen and oxygen atoms in total. The van der Waals surface area contributed by atoms with E-state index in [9.17, 15) is 12.8 Å². The molecule has 0 unspecified atom stereocenters. The zero-order chi connectivity index (χ0) is 15.6. The molecule has 2 aromatic carbocycles. The summed E-state index contributed by atoms with van der Waals surface area (Å²) in [6.07, 6.45) is 0. The highest BCUT2D eigenvalue weighted by molar-refractivity contribution is 7.92. The van der Waals surface area contributed by atoms with Crippen molar-refractivity contribution in [2.75, 3.05) is 4.72 Å². The Balaban J connectivity index is 2.38. The van der Waals surface area contributed by atoms with Gasteiger partial charge in [-0.05, 0) is 48.4 Å². The summed E-state index contributed by atoms with van der Waals surface area (Å²) in [5.74, 6) is -0.619. The highest BCUT2D eigenvalue weighted by Crippen LogP contribution is 2.22. The van der Waals surface area contributed by atoms with Crippen LogP contribution >= 0.6 is 11.6 Å². The number of rotatable bonds is 4. The molecule has 2 aromatic rings. The SMILES string of the molecule is Cc1ccc(S(=O)(=O)Nc2cc(F)cc(Cl)c2)cc1CN. The van der Waals surface area contributed by atoms with Crippen LogP contribution in [0.15, 0.2) is 41.3 Å². The molecule has 112 valence electrons. The standard InChI is InChI=1S/C14H14ClFN2O2S/c1-9-2-3-14(4-10(9)8-17)21(19,20)18-13-6-11(15)5-12(16)7-13/h2-7,18H,8,17H2,1H3. The number of nitrogens with two attached hydrogens (primary N) is 1. The summed E-state index contributed by atoms with van der Waals surface area (Å²) in [7, 11) is -3.83. The van der Waals surface area contributed by atoms with Crippen LogP contribution in [0.5, 0.6) is 0 Å². The number of hydrogen-bond donors (Lipinski definition) is 2. The average Bonchev–Trinajstić information content (AvgIpc) is 2.37. The Hall–Kier alpha value is -1.63. The molecule has 0 amide bonds. The second-order valence-electron chi connectivity index (χ2n) is 4.56. The van der Waals surface area contributed by atoms with Gasteiger partial charge in [0.05, 0.1) is 10.6 Å². The topological polar surface area (TPSA) is 72.2 Å². The zero-order valence-electron chi connectivity index (χ0n) is 11.2. The summed E-state index contributed by atoms with van der Waals surface area (Å²) in [6.45, 7) is 2.08. The van der Waals surface area contributed by atoms with Crippen molar-refractivity contribution in [2.24, 2.45) is 5.73 Å². The van der Waals surface area contributed by atoms with Crippen LogP contribution in [0.25, 0.3) is 0 Å². The van der Waals surface area contributed by atoms with Gasteiger partial charge in [0.25, 0.3) is 10.0 Å². The molecule has 0 bridgehead atoms. The van der Waals surface area contributed by atoms with Gasteiger partial charge in [0.15, 0.2) is 0 Å². The minimum absolute atomic E-state index is 0.0638. The molecule has 0 aliphatic rings. The fourth-order valence-electron chi connectivity index (χ4n) is 1.86. The van der Waals surface area contributed by atoms with Gasteiger partial charge in [0.2, 0.25) is 0 Å². The quantitative estimate of drug-likeness (QED) is 0.906. The Bertz CT molecular complexity index is 758. The van der Waals surface area contributed by atoms with Crippen molar-refractivity contribution in [1.82, 2.24) is 0 Å². The van der Waals surface area contributed by atoms with Crippen LogP contribution in [0.3, 0.4) is 0 Å². The molecule has 7 heteroatoms. The van der Waals surface area contributed by atoms with Gasteiger partial charge in [-0.25, -0.2) is 12.8 Å². The third kappa shape index (κ3) is 3.72. The van der Waals surface area contributed by atoms with Gasteiger partial charge in [-0.3, -0.25) is 4.72 Å². The van der Waals surface area contributed by atoms with Crippen LogP contribution in [-0.2, 0) is 16.6 Å². The predicted octanol–water partition coefficient (Wildman–Crippen LogP) is 3.05. The Kier molecular flexibility index (Phi) is 4.51. The number of anilines is 1. The Morgan fingerprint density at radius 2 is 1.95 bits per heavy atom. The van der Waals surface area contributed by atoms with Crippen LogP contribution in [0.1, 0.15) is 11.1 Å². The number of benzene rings is 2. The van der Waals surface area contributed by atoms with Gasteiger partial charge in [-0.2, -0.15) is 0 Å². The van der Waals surface area contributed by atoms with Crippen LogP contribution in [0, 0.1) is 12.7 Å². The second kappa shape index (κ2) is 6.01. The molecule has 3 N–H and O–H groups in total. The first-order chi connectivity index (χ1) is 9.81. The first-order valence-corrected chi connectivity index (χ1v) is 7.96. The highest BCUT2D eigenvalue weighted by Gasteiger charge is 2.16. The van der Waals surface area contributed by atoms with Gasteiger partial charge in [0.1, 0.15) is 5.82 Å². The van der Waals surface area contributed by atoms with Crippen LogP contribution in [-0.4, -0.2) is 8.42 Å². The molecule has 0 aliphatic carbocycles. The van der Waals surface area contributed by atoms with Crippen molar-refractivity contribution in [2.45, 2.75) is 18.4 Å². The first kappa shape index (κ1) is 15.8. The minimum atomic E-state index is -3.83. The molecule has 0 heterocycles. The second-order valence-corrected chi connectivity index (χ2v) is 6.67. The number of aryl methyl sites for hydroxylation is 1. The molecule has 0 radical (unpaired) electrons. The van der Waals surface area contributed by atoms with Crippen molar-refractivity contribution < 1.29 is 12.8 Å². The third-order valence-corrected chi connectivity index (χ3v) is 4.56. The first-order valence-electron chi connectivity index (χ1n) is 6.10. The lowest BCUT2D eigenvalue weighted by molar-refractivity contribution is 0.601. The van der Waals surface area contributed by atoms with E-state index in [-0.39, 0.29) is 22.2 Å². The predicted molar refractivity (Wildman–Crippen MR) is 81.3 cm³/mol. The fraction of sp³-hybridized carbons (Fsp3) is 0.143. The summed E-state index contributed by atoms with van der Waals surface area (Å²) in [5.41, 5.74) is 7.28. The maximum atomic E-state index is 13.2. The summed E-state index contributed by atoms with van der Waals surface area (Å²) in [6, 6.07) is 8.13. The van der Waals surface area contributed by atoms with Gasteiger partial charge in [-0.15, -0.1) is 0 Å². The molecule has 0 aromatic heterocycles. The number of sulfonamides is 1. The summed E-state index contributed by atoms with van der Waals surface area (Å²) >= 11 is 5.70. The monoisotopic (exact) mass is 328 g/mol. The molecular formula is C14H14ClFN2O2S. The normalized spacial score (nSPS) is 11.4. The number of hydrogen-bond acceptors (Lipinski definition) is 3. The number of halogens is 2. The average molecular weight is 329 g/mol. The summed E-state index contributed by atoms with van der Waals surface area (Å²) < 4.78 is 40.1. The lowest BCUT2D eigenvalue weighted by Crippen LogP contribution is -2.14. The van der Waals surface area contributed by atoms with E-state index in [1.165, 1.54) is 18.2 Å². The molecular weight excluding hydrogens is 315 g/mol. The van der Waals surface area contributed by atoms with Crippen molar-refractivity contribution in [3.05, 3.63) is 58.4 Å². The van der Waals surface area contributed by atoms with Crippen LogP contribution in [0.4, 0.5) is 10.1 Å². The van der Waals surface area contributed by atoms with E-state index in [1.807, 2.05) is 6.92 Å². The largest absolute Gasteiger partial charge is 0.326 e. The van der Waals surface area contributed by atoms with E-state index in [0.29, 0.717) is 0 Å². The summed E-state index contributed by atoms with van der Waals surface area (Å²) in [5, 5.41) is 0.110. The zero-order valence-corrected chi connectivity index (χ0v) is 12.8. The lowest BCUT2D eigenvalue weighted by Gasteiger charge is -2.11. The fourth-order valence-corrected chi connectivity index (χ4v) is 3.17. The maximum absolute atomic E-state index is 13.2. The van der Waals surface area contributed by atoms with Gasteiger partial charge in [0, 0.05) is 11.6 Å². The number of nitrogens with one attached hydrogen (secondary N) is 1. The van der Waals surface area contributed by atoms with Gasteiger partial charge >= 0.3 is 0 Å².